The van der Waals surface area contributed by atoms with E-state index in [9.17, 15) is 4.79 Å². The molecular formula is C35H44ClN7O3. The van der Waals surface area contributed by atoms with Crippen LogP contribution in [-0.4, -0.2) is 91.6 Å². The molecule has 0 bridgehead atoms. The summed E-state index contributed by atoms with van der Waals surface area (Å²) in [5.74, 6) is 0.735. The van der Waals surface area contributed by atoms with E-state index in [2.05, 4.69) is 49.6 Å². The number of anilines is 2. The standard InChI is InChI=1S/C35H44ClN7O3/c1-24-38-21-26(46-24)11-12-31(44)37-16-20-41(2)33-27-13-19-42(30-10-4-8-25-7-3-9-28(36)32(25)30)22-29(27)39-34(40-33)45-23-35-14-5-17-43(35)18-6-15-35/h3-4,7-12,24,26,38H,5-6,13-23H2,1-2H3,(H,37,44)/b12-11+. The van der Waals surface area contributed by atoms with Crippen LogP contribution in [0.5, 0.6) is 6.01 Å². The van der Waals surface area contributed by atoms with Gasteiger partial charge >= 0.3 is 6.01 Å². The fraction of sp³-hybridized carbons (Fsp3) is 0.514. The predicted octanol–water partition coefficient (Wildman–Crippen LogP) is 4.30. The number of amides is 1. The molecule has 2 atom stereocenters. The third kappa shape index (κ3) is 6.40. The number of carbonyl (C=O) groups is 1. The molecule has 5 heterocycles. The number of benzene rings is 2. The molecule has 3 fully saturated rings. The molecule has 1 aromatic heterocycles. The molecule has 2 unspecified atom stereocenters. The van der Waals surface area contributed by atoms with Crippen LogP contribution in [0, 0.1) is 0 Å². The zero-order valence-electron chi connectivity index (χ0n) is 26.8. The van der Waals surface area contributed by atoms with Crippen molar-refractivity contribution in [2.24, 2.45) is 0 Å². The summed E-state index contributed by atoms with van der Waals surface area (Å²) in [6.45, 7) is 8.10. The van der Waals surface area contributed by atoms with Gasteiger partial charge in [0.15, 0.2) is 0 Å². The van der Waals surface area contributed by atoms with Gasteiger partial charge in [0.2, 0.25) is 5.91 Å². The van der Waals surface area contributed by atoms with Crippen molar-refractivity contribution < 1.29 is 14.3 Å². The highest BCUT2D eigenvalue weighted by Gasteiger charge is 2.45. The first-order chi connectivity index (χ1) is 22.4. The molecule has 1 amide bonds. The molecule has 11 heteroatoms. The Morgan fingerprint density at radius 1 is 1.20 bits per heavy atom. The van der Waals surface area contributed by atoms with Gasteiger partial charge in [-0.1, -0.05) is 35.9 Å². The zero-order chi connectivity index (χ0) is 31.7. The minimum Gasteiger partial charge on any atom is -0.461 e. The molecule has 10 nitrogen and oxygen atoms in total. The van der Waals surface area contributed by atoms with Gasteiger partial charge in [0, 0.05) is 55.9 Å². The molecule has 0 saturated carbocycles. The minimum atomic E-state index is -0.133. The monoisotopic (exact) mass is 645 g/mol. The third-order valence-electron chi connectivity index (χ3n) is 10.0. The Morgan fingerprint density at radius 2 is 2.00 bits per heavy atom. The van der Waals surface area contributed by atoms with Crippen molar-refractivity contribution in [3.8, 4) is 6.01 Å². The highest BCUT2D eigenvalue weighted by Crippen LogP contribution is 2.40. The third-order valence-corrected chi connectivity index (χ3v) is 10.3. The van der Waals surface area contributed by atoms with Crippen molar-refractivity contribution in [3.63, 3.8) is 0 Å². The molecule has 3 aromatic rings. The maximum atomic E-state index is 12.5. The molecule has 0 radical (unpaired) electrons. The van der Waals surface area contributed by atoms with Crippen LogP contribution in [0.2, 0.25) is 5.02 Å². The van der Waals surface area contributed by atoms with Gasteiger partial charge in [-0.15, -0.1) is 0 Å². The van der Waals surface area contributed by atoms with Crippen LogP contribution >= 0.6 is 11.6 Å². The normalized spacial score (nSPS) is 22.4. The zero-order valence-corrected chi connectivity index (χ0v) is 27.6. The molecular weight excluding hydrogens is 602 g/mol. The second kappa shape index (κ2) is 13.4. The van der Waals surface area contributed by atoms with Crippen molar-refractivity contribution in [1.82, 2.24) is 25.5 Å². The molecule has 2 aromatic carbocycles. The van der Waals surface area contributed by atoms with Crippen LogP contribution in [0.15, 0.2) is 48.6 Å². The summed E-state index contributed by atoms with van der Waals surface area (Å²) in [7, 11) is 2.03. The summed E-state index contributed by atoms with van der Waals surface area (Å²) in [5, 5.41) is 9.16. The quantitative estimate of drug-likeness (QED) is 0.313. The van der Waals surface area contributed by atoms with Gasteiger partial charge in [-0.25, -0.2) is 0 Å². The van der Waals surface area contributed by atoms with E-state index in [1.807, 2.05) is 32.2 Å². The minimum absolute atomic E-state index is 0.00542. The van der Waals surface area contributed by atoms with Crippen molar-refractivity contribution in [2.45, 2.75) is 63.4 Å². The first-order valence-electron chi connectivity index (χ1n) is 16.6. The lowest BCUT2D eigenvalue weighted by Crippen LogP contribution is -2.43. The number of carbonyl (C=O) groups excluding carboxylic acids is 1. The maximum Gasteiger partial charge on any atom is 0.318 e. The Bertz CT molecular complexity index is 1600. The molecule has 0 spiro atoms. The highest BCUT2D eigenvalue weighted by atomic mass is 35.5. The van der Waals surface area contributed by atoms with Gasteiger partial charge in [-0.2, -0.15) is 9.97 Å². The molecule has 7 rings (SSSR count). The number of nitrogens with one attached hydrogen (secondary N) is 2. The topological polar surface area (TPSA) is 95.1 Å². The summed E-state index contributed by atoms with van der Waals surface area (Å²) < 4.78 is 12.2. The van der Waals surface area contributed by atoms with Crippen molar-refractivity contribution in [2.75, 3.05) is 62.7 Å². The van der Waals surface area contributed by atoms with Gasteiger partial charge in [0.25, 0.3) is 0 Å². The lowest BCUT2D eigenvalue weighted by molar-refractivity contribution is -0.116. The van der Waals surface area contributed by atoms with E-state index in [1.165, 1.54) is 12.8 Å². The van der Waals surface area contributed by atoms with Crippen molar-refractivity contribution >= 4 is 39.8 Å². The van der Waals surface area contributed by atoms with Gasteiger partial charge in [0.05, 0.1) is 28.9 Å². The van der Waals surface area contributed by atoms with Crippen LogP contribution in [-0.2, 0) is 22.5 Å². The van der Waals surface area contributed by atoms with Crippen LogP contribution in [0.25, 0.3) is 10.8 Å². The van der Waals surface area contributed by atoms with E-state index < -0.39 is 0 Å². The summed E-state index contributed by atoms with van der Waals surface area (Å²) in [5.41, 5.74) is 3.32. The Balaban J connectivity index is 1.10. The van der Waals surface area contributed by atoms with Crippen LogP contribution in [0.3, 0.4) is 0 Å². The Kier molecular flexibility index (Phi) is 9.05. The molecule has 244 valence electrons. The van der Waals surface area contributed by atoms with E-state index in [0.29, 0.717) is 38.8 Å². The van der Waals surface area contributed by atoms with Gasteiger partial charge in [-0.05, 0) is 75.7 Å². The number of rotatable bonds is 10. The molecule has 0 aliphatic carbocycles. The van der Waals surface area contributed by atoms with Crippen LogP contribution < -0.4 is 25.2 Å². The molecule has 46 heavy (non-hydrogen) atoms. The first-order valence-corrected chi connectivity index (χ1v) is 17.0. The second-order valence-electron chi connectivity index (χ2n) is 13.0. The smallest absolute Gasteiger partial charge is 0.318 e. The number of nitrogens with zero attached hydrogens (tertiary/aromatic N) is 5. The molecule has 2 N–H and O–H groups in total. The number of hydrogen-bond donors (Lipinski definition) is 2. The summed E-state index contributed by atoms with van der Waals surface area (Å²) in [6.07, 6.45) is 8.84. The van der Waals surface area contributed by atoms with Gasteiger partial charge in [-0.3, -0.25) is 15.0 Å². The van der Waals surface area contributed by atoms with Crippen molar-refractivity contribution in [1.29, 1.82) is 0 Å². The van der Waals surface area contributed by atoms with E-state index >= 15 is 0 Å². The average molecular weight is 646 g/mol. The Labute approximate surface area is 276 Å². The highest BCUT2D eigenvalue weighted by molar-refractivity contribution is 6.36. The van der Waals surface area contributed by atoms with Gasteiger partial charge in [0.1, 0.15) is 18.7 Å². The van der Waals surface area contributed by atoms with E-state index in [-0.39, 0.29) is 23.8 Å². The van der Waals surface area contributed by atoms with E-state index in [4.69, 9.17) is 31.0 Å². The number of fused-ring (bicyclic) bond motifs is 3. The van der Waals surface area contributed by atoms with Crippen LogP contribution in [0.4, 0.5) is 11.5 Å². The fourth-order valence-corrected chi connectivity index (χ4v) is 7.91. The number of ether oxygens (including phenoxy) is 2. The molecule has 4 aliphatic rings. The van der Waals surface area contributed by atoms with Crippen molar-refractivity contribution in [3.05, 3.63) is 64.8 Å². The number of hydrogen-bond acceptors (Lipinski definition) is 9. The number of aromatic nitrogens is 2. The Morgan fingerprint density at radius 3 is 2.78 bits per heavy atom. The van der Waals surface area contributed by atoms with E-state index in [1.54, 1.807) is 6.08 Å². The van der Waals surface area contributed by atoms with E-state index in [0.717, 1.165) is 77.5 Å². The fourth-order valence-electron chi connectivity index (χ4n) is 7.63. The van der Waals surface area contributed by atoms with Crippen LogP contribution in [0.1, 0.15) is 43.9 Å². The summed E-state index contributed by atoms with van der Waals surface area (Å²) in [6, 6.07) is 12.8. The first kappa shape index (κ1) is 31.2. The summed E-state index contributed by atoms with van der Waals surface area (Å²) >= 11 is 6.72. The lowest BCUT2D eigenvalue weighted by Gasteiger charge is -2.34. The molecule has 4 aliphatic heterocycles. The predicted molar refractivity (Wildman–Crippen MR) is 182 cm³/mol. The van der Waals surface area contributed by atoms with Gasteiger partial charge < -0.3 is 24.6 Å². The SMILES string of the molecule is CC1NCC(/C=C/C(=O)NCCN(C)c2nc(OCC34CCCN3CCC4)nc3c2CCN(c2cccc4cccc(Cl)c24)C3)O1. The molecule has 3 saturated heterocycles. The largest absolute Gasteiger partial charge is 0.461 e. The lowest BCUT2D eigenvalue weighted by atomic mass is 9.95. The number of halogens is 1. The number of likely N-dealkylation sites (N-methyl/N-ethyl adjacent to an activating group) is 1. The Hall–Kier alpha value is -3.44. The second-order valence-corrected chi connectivity index (χ2v) is 13.5. The maximum absolute atomic E-state index is 12.5. The summed E-state index contributed by atoms with van der Waals surface area (Å²) in [4.78, 5) is 29.6. The average Bonchev–Trinajstić information content (AvgIpc) is 3.78.